The molecule has 1 N–H and O–H groups in total. The molecule has 5 heteroatoms. The summed E-state index contributed by atoms with van der Waals surface area (Å²) in [7, 11) is 0. The Morgan fingerprint density at radius 2 is 2.05 bits per heavy atom. The molecular weight excluding hydrogens is 310 g/mol. The van der Waals surface area contributed by atoms with Gasteiger partial charge in [0.1, 0.15) is 5.58 Å². The third-order valence-corrected chi connectivity index (χ3v) is 3.05. The van der Waals surface area contributed by atoms with Crippen LogP contribution < -0.4 is 5.48 Å². The SMILES string of the molecule is Cc1c(C(=O)NOC(C)(C)C)oc2ccc(Br)cc12. The van der Waals surface area contributed by atoms with Gasteiger partial charge in [-0.3, -0.25) is 9.63 Å². The predicted octanol–water partition coefficient (Wildman–Crippen LogP) is 3.96. The minimum Gasteiger partial charge on any atom is -0.451 e. The fourth-order valence-electron chi connectivity index (χ4n) is 1.66. The standard InChI is InChI=1S/C14H16BrNO3/c1-8-10-7-9(15)5-6-11(10)18-12(8)13(17)16-19-14(2,3)4/h5-7H,1-4H3,(H,16,17). The highest BCUT2D eigenvalue weighted by Crippen LogP contribution is 2.28. The number of aryl methyl sites for hydroxylation is 1. The first kappa shape index (κ1) is 14.1. The van der Waals surface area contributed by atoms with Crippen LogP contribution in [0.1, 0.15) is 36.9 Å². The summed E-state index contributed by atoms with van der Waals surface area (Å²) in [6, 6.07) is 5.63. The van der Waals surface area contributed by atoms with Gasteiger partial charge >= 0.3 is 5.91 Å². The summed E-state index contributed by atoms with van der Waals surface area (Å²) < 4.78 is 6.51. The quantitative estimate of drug-likeness (QED) is 0.850. The molecule has 0 aliphatic carbocycles. The summed E-state index contributed by atoms with van der Waals surface area (Å²) in [6.45, 7) is 7.42. The van der Waals surface area contributed by atoms with E-state index in [9.17, 15) is 4.79 Å². The van der Waals surface area contributed by atoms with Crippen LogP contribution in [0, 0.1) is 6.92 Å². The molecule has 2 aromatic rings. The second-order valence-corrected chi connectivity index (χ2v) is 6.26. The van der Waals surface area contributed by atoms with Gasteiger partial charge in [0.05, 0.1) is 5.60 Å². The molecule has 0 aliphatic rings. The molecule has 102 valence electrons. The molecule has 1 aromatic heterocycles. The molecule has 0 spiro atoms. The van der Waals surface area contributed by atoms with Crippen LogP contribution in [0.25, 0.3) is 11.0 Å². The number of hydrogen-bond acceptors (Lipinski definition) is 3. The van der Waals surface area contributed by atoms with E-state index in [1.54, 1.807) is 0 Å². The number of hydrogen-bond donors (Lipinski definition) is 1. The van der Waals surface area contributed by atoms with Gasteiger partial charge in [0.15, 0.2) is 5.76 Å². The van der Waals surface area contributed by atoms with Crippen LogP contribution >= 0.6 is 15.9 Å². The normalized spacial score (nSPS) is 11.8. The third-order valence-electron chi connectivity index (χ3n) is 2.55. The molecule has 2 rings (SSSR count). The first-order valence-electron chi connectivity index (χ1n) is 5.95. The molecule has 1 amide bonds. The number of carbonyl (C=O) groups is 1. The van der Waals surface area contributed by atoms with Gasteiger partial charge in [-0.25, -0.2) is 5.48 Å². The molecule has 1 heterocycles. The lowest BCUT2D eigenvalue weighted by molar-refractivity contribution is -0.0598. The van der Waals surface area contributed by atoms with Crippen LogP contribution in [0.2, 0.25) is 0 Å². The maximum absolute atomic E-state index is 12.0. The lowest BCUT2D eigenvalue weighted by Crippen LogP contribution is -2.33. The molecule has 4 nitrogen and oxygen atoms in total. The van der Waals surface area contributed by atoms with Gasteiger partial charge in [-0.1, -0.05) is 15.9 Å². The summed E-state index contributed by atoms with van der Waals surface area (Å²) in [6.07, 6.45) is 0. The number of fused-ring (bicyclic) bond motifs is 1. The average molecular weight is 326 g/mol. The van der Waals surface area contributed by atoms with Crippen LogP contribution in [0.5, 0.6) is 0 Å². The molecule has 0 fully saturated rings. The van der Waals surface area contributed by atoms with Crippen LogP contribution in [0.3, 0.4) is 0 Å². The summed E-state index contributed by atoms with van der Waals surface area (Å²) >= 11 is 3.40. The number of hydroxylamine groups is 1. The van der Waals surface area contributed by atoms with Crippen molar-refractivity contribution >= 4 is 32.8 Å². The van der Waals surface area contributed by atoms with Crippen molar-refractivity contribution in [1.29, 1.82) is 0 Å². The van der Waals surface area contributed by atoms with E-state index < -0.39 is 5.60 Å². The van der Waals surface area contributed by atoms with E-state index in [0.717, 1.165) is 15.4 Å². The minimum absolute atomic E-state index is 0.275. The largest absolute Gasteiger partial charge is 0.451 e. The van der Waals surface area contributed by atoms with E-state index in [-0.39, 0.29) is 11.7 Å². The van der Waals surface area contributed by atoms with Gasteiger partial charge in [-0.05, 0) is 45.9 Å². The van der Waals surface area contributed by atoms with Crippen LogP contribution in [0.4, 0.5) is 0 Å². The molecule has 0 atom stereocenters. The van der Waals surface area contributed by atoms with E-state index >= 15 is 0 Å². The van der Waals surface area contributed by atoms with Crippen molar-refractivity contribution in [3.8, 4) is 0 Å². The smallest absolute Gasteiger partial charge is 0.310 e. The fraction of sp³-hybridized carbons (Fsp3) is 0.357. The fourth-order valence-corrected chi connectivity index (χ4v) is 2.02. The highest BCUT2D eigenvalue weighted by molar-refractivity contribution is 9.10. The number of rotatable bonds is 2. The number of halogens is 1. The Morgan fingerprint density at radius 3 is 2.68 bits per heavy atom. The monoisotopic (exact) mass is 325 g/mol. The van der Waals surface area contributed by atoms with Crippen molar-refractivity contribution in [2.75, 3.05) is 0 Å². The molecule has 19 heavy (non-hydrogen) atoms. The number of furan rings is 1. The van der Waals surface area contributed by atoms with Gasteiger partial charge in [-0.15, -0.1) is 0 Å². The van der Waals surface area contributed by atoms with Crippen molar-refractivity contribution in [1.82, 2.24) is 5.48 Å². The summed E-state index contributed by atoms with van der Waals surface area (Å²) in [5.74, 6) is -0.0999. The first-order valence-corrected chi connectivity index (χ1v) is 6.74. The number of benzene rings is 1. The van der Waals surface area contributed by atoms with E-state index in [1.165, 1.54) is 0 Å². The lowest BCUT2D eigenvalue weighted by Gasteiger charge is -2.18. The Bertz CT molecular complexity index is 625. The number of amides is 1. The summed E-state index contributed by atoms with van der Waals surface area (Å²) in [5, 5.41) is 0.912. The minimum atomic E-state index is -0.446. The van der Waals surface area contributed by atoms with Crippen LogP contribution in [-0.4, -0.2) is 11.5 Å². The Morgan fingerprint density at radius 1 is 1.37 bits per heavy atom. The molecule has 0 radical (unpaired) electrons. The maximum Gasteiger partial charge on any atom is 0.310 e. The van der Waals surface area contributed by atoms with Crippen molar-refractivity contribution < 1.29 is 14.0 Å². The molecule has 0 saturated heterocycles. The van der Waals surface area contributed by atoms with Gasteiger partial charge in [0.2, 0.25) is 0 Å². The summed E-state index contributed by atoms with van der Waals surface area (Å²) in [5.41, 5.74) is 3.44. The van der Waals surface area contributed by atoms with Crippen molar-refractivity contribution in [3.05, 3.63) is 34.0 Å². The highest BCUT2D eigenvalue weighted by atomic mass is 79.9. The number of carbonyl (C=O) groups excluding carboxylic acids is 1. The zero-order valence-electron chi connectivity index (χ0n) is 11.3. The second-order valence-electron chi connectivity index (χ2n) is 5.34. The lowest BCUT2D eigenvalue weighted by atomic mass is 10.1. The van der Waals surface area contributed by atoms with Crippen LogP contribution in [-0.2, 0) is 4.84 Å². The van der Waals surface area contributed by atoms with Crippen molar-refractivity contribution in [2.24, 2.45) is 0 Å². The Kier molecular flexibility index (Phi) is 3.69. The Labute approximate surface area is 120 Å². The molecule has 0 saturated carbocycles. The van der Waals surface area contributed by atoms with Gasteiger partial charge < -0.3 is 4.42 Å². The summed E-state index contributed by atoms with van der Waals surface area (Å²) in [4.78, 5) is 17.3. The zero-order valence-corrected chi connectivity index (χ0v) is 12.9. The molecule has 0 bridgehead atoms. The van der Waals surface area contributed by atoms with E-state index in [4.69, 9.17) is 9.25 Å². The molecule has 0 aliphatic heterocycles. The van der Waals surface area contributed by atoms with Gasteiger partial charge in [0.25, 0.3) is 0 Å². The second kappa shape index (κ2) is 4.98. The zero-order chi connectivity index (χ0) is 14.2. The topological polar surface area (TPSA) is 51.5 Å². The Hall–Kier alpha value is -1.33. The maximum atomic E-state index is 12.0. The van der Waals surface area contributed by atoms with Crippen molar-refractivity contribution in [2.45, 2.75) is 33.3 Å². The molecule has 1 aromatic carbocycles. The number of nitrogens with one attached hydrogen (secondary N) is 1. The van der Waals surface area contributed by atoms with Gasteiger partial charge in [-0.2, -0.15) is 0 Å². The Balaban J connectivity index is 2.30. The first-order chi connectivity index (χ1) is 8.78. The van der Waals surface area contributed by atoms with Crippen molar-refractivity contribution in [3.63, 3.8) is 0 Å². The van der Waals surface area contributed by atoms with Gasteiger partial charge in [0, 0.05) is 15.4 Å². The van der Waals surface area contributed by atoms with E-state index in [1.807, 2.05) is 45.9 Å². The average Bonchev–Trinajstić information content (AvgIpc) is 2.63. The molecule has 0 unspecified atom stereocenters. The predicted molar refractivity (Wildman–Crippen MR) is 77.0 cm³/mol. The van der Waals surface area contributed by atoms with Crippen LogP contribution in [0.15, 0.2) is 27.1 Å². The van der Waals surface area contributed by atoms with E-state index in [0.29, 0.717) is 5.58 Å². The van der Waals surface area contributed by atoms with E-state index in [2.05, 4.69) is 21.4 Å². The molecular formula is C14H16BrNO3. The third kappa shape index (κ3) is 3.16. The highest BCUT2D eigenvalue weighted by Gasteiger charge is 2.20.